The summed E-state index contributed by atoms with van der Waals surface area (Å²) in [7, 11) is 0. The van der Waals surface area contributed by atoms with Crippen molar-refractivity contribution in [2.75, 3.05) is 13.1 Å². The molecule has 0 spiro atoms. The molecule has 1 saturated heterocycles. The molecule has 1 aliphatic heterocycles. The van der Waals surface area contributed by atoms with Gasteiger partial charge in [0.05, 0.1) is 17.2 Å². The molecule has 0 unspecified atom stereocenters. The molecule has 0 N–H and O–H groups in total. The van der Waals surface area contributed by atoms with E-state index in [0.29, 0.717) is 37.1 Å². The van der Waals surface area contributed by atoms with Gasteiger partial charge in [-0.25, -0.2) is 8.78 Å². The van der Waals surface area contributed by atoms with Crippen LogP contribution in [-0.4, -0.2) is 23.9 Å². The molecule has 2 aromatic carbocycles. The molecule has 3 rings (SSSR count). The minimum Gasteiger partial charge on any atom is -0.338 e. The lowest BCUT2D eigenvalue weighted by atomic mass is 9.91. The number of hydrogen-bond acceptors (Lipinski definition) is 2. The van der Waals surface area contributed by atoms with Gasteiger partial charge in [-0.3, -0.25) is 4.79 Å². The highest BCUT2D eigenvalue weighted by molar-refractivity contribution is 5.96. The van der Waals surface area contributed by atoms with Crippen LogP contribution in [0.4, 0.5) is 8.78 Å². The topological polar surface area (TPSA) is 44.1 Å². The van der Waals surface area contributed by atoms with E-state index in [1.165, 1.54) is 18.2 Å². The van der Waals surface area contributed by atoms with E-state index in [1.807, 2.05) is 0 Å². The molecule has 0 aliphatic carbocycles. The molecular weight excluding hydrogens is 334 g/mol. The summed E-state index contributed by atoms with van der Waals surface area (Å²) < 4.78 is 27.6. The van der Waals surface area contributed by atoms with Crippen molar-refractivity contribution in [2.24, 2.45) is 5.92 Å². The second-order valence-electron chi connectivity index (χ2n) is 6.66. The summed E-state index contributed by atoms with van der Waals surface area (Å²) >= 11 is 0. The second kappa shape index (κ2) is 8.09. The summed E-state index contributed by atoms with van der Waals surface area (Å²) in [6.45, 7) is 1.19. The van der Waals surface area contributed by atoms with E-state index < -0.39 is 11.6 Å². The number of nitriles is 1. The monoisotopic (exact) mass is 354 g/mol. The zero-order valence-electron chi connectivity index (χ0n) is 14.4. The number of carbonyl (C=O) groups excluding carboxylic acids is 1. The third-order valence-corrected chi connectivity index (χ3v) is 4.95. The van der Waals surface area contributed by atoms with E-state index in [1.54, 1.807) is 29.2 Å². The Morgan fingerprint density at radius 3 is 2.62 bits per heavy atom. The summed E-state index contributed by atoms with van der Waals surface area (Å²) in [5.74, 6) is -0.988. The molecule has 5 heteroatoms. The molecule has 1 fully saturated rings. The number of halogens is 2. The van der Waals surface area contributed by atoms with Crippen molar-refractivity contribution in [2.45, 2.75) is 25.7 Å². The molecule has 1 aliphatic rings. The van der Waals surface area contributed by atoms with E-state index in [-0.39, 0.29) is 17.4 Å². The van der Waals surface area contributed by atoms with Crippen molar-refractivity contribution < 1.29 is 13.6 Å². The zero-order chi connectivity index (χ0) is 18.5. The van der Waals surface area contributed by atoms with Gasteiger partial charge in [0, 0.05) is 18.7 Å². The smallest absolute Gasteiger partial charge is 0.255 e. The molecule has 0 aromatic heterocycles. The number of rotatable bonds is 4. The van der Waals surface area contributed by atoms with Gasteiger partial charge in [0.25, 0.3) is 5.91 Å². The number of likely N-dealkylation sites (tertiary alicyclic amines) is 1. The van der Waals surface area contributed by atoms with Crippen LogP contribution in [0.3, 0.4) is 0 Å². The predicted octanol–water partition coefficient (Wildman–Crippen LogP) is 4.32. The lowest BCUT2D eigenvalue weighted by Crippen LogP contribution is -2.40. The Kier molecular flexibility index (Phi) is 5.62. The molecule has 1 heterocycles. The lowest BCUT2D eigenvalue weighted by Gasteiger charge is -2.33. The normalized spacial score (nSPS) is 17.0. The first-order valence-electron chi connectivity index (χ1n) is 8.81. The average Bonchev–Trinajstić information content (AvgIpc) is 2.67. The van der Waals surface area contributed by atoms with Crippen molar-refractivity contribution in [1.29, 1.82) is 5.26 Å². The molecule has 1 amide bonds. The van der Waals surface area contributed by atoms with E-state index >= 15 is 0 Å². The number of hydrogen-bond donors (Lipinski definition) is 0. The maximum absolute atomic E-state index is 13.8. The molecule has 0 bridgehead atoms. The van der Waals surface area contributed by atoms with Crippen molar-refractivity contribution in [3.05, 3.63) is 70.8 Å². The highest BCUT2D eigenvalue weighted by atomic mass is 19.1. The Bertz CT molecular complexity index is 824. The Labute approximate surface area is 151 Å². The van der Waals surface area contributed by atoms with Gasteiger partial charge in [0.2, 0.25) is 0 Å². The maximum atomic E-state index is 13.8. The molecule has 2 aromatic rings. The molecule has 3 nitrogen and oxygen atoms in total. The molecule has 1 atom stereocenters. The summed E-state index contributed by atoms with van der Waals surface area (Å²) in [4.78, 5) is 14.5. The van der Waals surface area contributed by atoms with Gasteiger partial charge in [-0.15, -0.1) is 0 Å². The van der Waals surface area contributed by atoms with Crippen LogP contribution in [-0.2, 0) is 6.42 Å². The van der Waals surface area contributed by atoms with Gasteiger partial charge < -0.3 is 4.90 Å². The van der Waals surface area contributed by atoms with Crippen LogP contribution >= 0.6 is 0 Å². The standard InChI is InChI=1S/C21H20F2N2O/c22-19-8-3-9-20(23)18(19)11-10-15-5-4-12-25(14-15)21(26)17-7-2-1-6-16(17)13-24/h1-3,6-9,15H,4-5,10-12,14H2/t15-/m0/s1. The summed E-state index contributed by atoms with van der Waals surface area (Å²) in [5.41, 5.74) is 0.898. The SMILES string of the molecule is N#Cc1ccccc1C(=O)N1CCC[C@@H](CCc2c(F)cccc2F)C1. The van der Waals surface area contributed by atoms with Crippen LogP contribution in [0.25, 0.3) is 0 Å². The third-order valence-electron chi connectivity index (χ3n) is 4.95. The predicted molar refractivity (Wildman–Crippen MR) is 94.5 cm³/mol. The van der Waals surface area contributed by atoms with E-state index in [0.717, 1.165) is 12.8 Å². The van der Waals surface area contributed by atoms with Crippen molar-refractivity contribution in [3.8, 4) is 6.07 Å². The van der Waals surface area contributed by atoms with Crippen molar-refractivity contribution >= 4 is 5.91 Å². The minimum atomic E-state index is -0.517. The number of benzene rings is 2. The van der Waals surface area contributed by atoms with Crippen molar-refractivity contribution in [1.82, 2.24) is 4.90 Å². The van der Waals surface area contributed by atoms with Crippen molar-refractivity contribution in [3.63, 3.8) is 0 Å². The van der Waals surface area contributed by atoms with Gasteiger partial charge in [-0.2, -0.15) is 5.26 Å². The minimum absolute atomic E-state index is 0.116. The van der Waals surface area contributed by atoms with E-state index in [2.05, 4.69) is 6.07 Å². The Balaban J connectivity index is 1.66. The number of carbonyl (C=O) groups is 1. The largest absolute Gasteiger partial charge is 0.338 e. The van der Waals surface area contributed by atoms with Gasteiger partial charge in [-0.1, -0.05) is 18.2 Å². The van der Waals surface area contributed by atoms with E-state index in [9.17, 15) is 18.8 Å². The third kappa shape index (κ3) is 3.91. The quantitative estimate of drug-likeness (QED) is 0.821. The molecule has 26 heavy (non-hydrogen) atoms. The first kappa shape index (κ1) is 18.1. The van der Waals surface area contributed by atoms with Crippen LogP contribution < -0.4 is 0 Å². The first-order chi connectivity index (χ1) is 12.6. The Morgan fingerprint density at radius 1 is 1.15 bits per heavy atom. The van der Waals surface area contributed by atoms with Gasteiger partial charge in [0.15, 0.2) is 0 Å². The average molecular weight is 354 g/mol. The highest BCUT2D eigenvalue weighted by Crippen LogP contribution is 2.25. The summed E-state index contributed by atoms with van der Waals surface area (Å²) in [6.07, 6.45) is 2.73. The highest BCUT2D eigenvalue weighted by Gasteiger charge is 2.26. The van der Waals surface area contributed by atoms with E-state index in [4.69, 9.17) is 0 Å². The summed E-state index contributed by atoms with van der Waals surface area (Å²) in [6, 6.07) is 12.7. The van der Waals surface area contributed by atoms with Gasteiger partial charge in [0.1, 0.15) is 11.6 Å². The maximum Gasteiger partial charge on any atom is 0.255 e. The van der Waals surface area contributed by atoms with Gasteiger partial charge >= 0.3 is 0 Å². The first-order valence-corrected chi connectivity index (χ1v) is 8.81. The van der Waals surface area contributed by atoms with Crippen LogP contribution in [0.15, 0.2) is 42.5 Å². The lowest BCUT2D eigenvalue weighted by molar-refractivity contribution is 0.0667. The van der Waals surface area contributed by atoms with Crippen LogP contribution in [0.5, 0.6) is 0 Å². The number of amides is 1. The number of piperidine rings is 1. The summed E-state index contributed by atoms with van der Waals surface area (Å²) in [5, 5.41) is 9.19. The van der Waals surface area contributed by atoms with Gasteiger partial charge in [-0.05, 0) is 55.9 Å². The Morgan fingerprint density at radius 2 is 1.88 bits per heavy atom. The molecule has 0 radical (unpaired) electrons. The van der Waals surface area contributed by atoms with Crippen LogP contribution in [0.1, 0.15) is 40.7 Å². The number of nitrogens with zero attached hydrogens (tertiary/aromatic N) is 2. The molecule has 0 saturated carbocycles. The van der Waals surface area contributed by atoms with Crippen LogP contribution in [0.2, 0.25) is 0 Å². The zero-order valence-corrected chi connectivity index (χ0v) is 14.4. The fraction of sp³-hybridized carbons (Fsp3) is 0.333. The Hall–Kier alpha value is -2.74. The fourth-order valence-corrected chi connectivity index (χ4v) is 3.54. The van der Waals surface area contributed by atoms with Crippen LogP contribution in [0, 0.1) is 28.9 Å². The molecular formula is C21H20F2N2O. The second-order valence-corrected chi connectivity index (χ2v) is 6.66. The fourth-order valence-electron chi connectivity index (χ4n) is 3.54. The molecule has 134 valence electrons.